The van der Waals surface area contributed by atoms with Crippen LogP contribution < -0.4 is 4.74 Å². The summed E-state index contributed by atoms with van der Waals surface area (Å²) in [6.07, 6.45) is 0.562. The van der Waals surface area contributed by atoms with E-state index in [1.54, 1.807) is 43.3 Å². The number of methoxy groups -OCH3 is 1. The Balaban J connectivity index is 1.66. The molecule has 6 heteroatoms. The molecular formula is C21H22N2O4. The van der Waals surface area contributed by atoms with Gasteiger partial charge in [-0.15, -0.1) is 0 Å². The molecule has 1 saturated heterocycles. The van der Waals surface area contributed by atoms with Crippen LogP contribution in [-0.4, -0.2) is 41.7 Å². The quantitative estimate of drug-likeness (QED) is 0.737. The SMILES string of the molecule is COc1ccccc1CN(C)C(=O)c1ccc(CN2C(=O)CCC2=O)cc1. The summed E-state index contributed by atoms with van der Waals surface area (Å²) in [5.74, 6) is 0.349. The first-order valence-electron chi connectivity index (χ1n) is 8.79. The molecule has 0 saturated carbocycles. The number of nitrogens with zero attached hydrogens (tertiary/aromatic N) is 2. The zero-order chi connectivity index (χ0) is 19.4. The lowest BCUT2D eigenvalue weighted by Crippen LogP contribution is -2.28. The lowest BCUT2D eigenvalue weighted by Gasteiger charge is -2.19. The number of hydrogen-bond donors (Lipinski definition) is 0. The number of hydrogen-bond acceptors (Lipinski definition) is 4. The number of para-hydroxylation sites is 1. The number of likely N-dealkylation sites (tertiary alicyclic amines) is 1. The summed E-state index contributed by atoms with van der Waals surface area (Å²) in [4.78, 5) is 39.0. The molecule has 2 aromatic rings. The lowest BCUT2D eigenvalue weighted by atomic mass is 10.1. The third-order valence-electron chi connectivity index (χ3n) is 4.64. The Morgan fingerprint density at radius 3 is 2.30 bits per heavy atom. The number of carbonyl (C=O) groups excluding carboxylic acids is 3. The minimum atomic E-state index is -0.142. The molecule has 1 aliphatic heterocycles. The smallest absolute Gasteiger partial charge is 0.253 e. The highest BCUT2D eigenvalue weighted by Gasteiger charge is 2.28. The average Bonchev–Trinajstić information content (AvgIpc) is 3.00. The lowest BCUT2D eigenvalue weighted by molar-refractivity contribution is -0.139. The molecule has 0 atom stereocenters. The zero-order valence-corrected chi connectivity index (χ0v) is 15.5. The maximum Gasteiger partial charge on any atom is 0.253 e. The Morgan fingerprint density at radius 2 is 1.67 bits per heavy atom. The molecule has 0 aromatic heterocycles. The van der Waals surface area contributed by atoms with Crippen LogP contribution in [0.2, 0.25) is 0 Å². The summed E-state index contributed by atoms with van der Waals surface area (Å²) in [6.45, 7) is 0.685. The monoisotopic (exact) mass is 366 g/mol. The van der Waals surface area contributed by atoms with Crippen LogP contribution in [0.5, 0.6) is 5.75 Å². The van der Waals surface area contributed by atoms with E-state index in [2.05, 4.69) is 0 Å². The van der Waals surface area contributed by atoms with Gasteiger partial charge in [0.15, 0.2) is 0 Å². The van der Waals surface area contributed by atoms with Gasteiger partial charge in [-0.2, -0.15) is 0 Å². The zero-order valence-electron chi connectivity index (χ0n) is 15.5. The molecule has 6 nitrogen and oxygen atoms in total. The minimum absolute atomic E-state index is 0.110. The van der Waals surface area contributed by atoms with E-state index in [0.29, 0.717) is 12.1 Å². The highest BCUT2D eigenvalue weighted by Crippen LogP contribution is 2.20. The van der Waals surface area contributed by atoms with Gasteiger partial charge >= 0.3 is 0 Å². The molecule has 2 aromatic carbocycles. The molecule has 3 amide bonds. The largest absolute Gasteiger partial charge is 0.496 e. The third-order valence-corrected chi connectivity index (χ3v) is 4.64. The highest BCUT2D eigenvalue weighted by atomic mass is 16.5. The van der Waals surface area contributed by atoms with Crippen molar-refractivity contribution < 1.29 is 19.1 Å². The number of imide groups is 1. The van der Waals surface area contributed by atoms with E-state index < -0.39 is 0 Å². The third kappa shape index (κ3) is 4.16. The Labute approximate surface area is 158 Å². The van der Waals surface area contributed by atoms with Gasteiger partial charge in [0.2, 0.25) is 11.8 Å². The number of carbonyl (C=O) groups is 3. The normalized spacial score (nSPS) is 13.8. The highest BCUT2D eigenvalue weighted by molar-refractivity contribution is 6.01. The molecule has 3 rings (SSSR count). The topological polar surface area (TPSA) is 66.9 Å². The number of amides is 3. The van der Waals surface area contributed by atoms with Crippen LogP contribution in [0.3, 0.4) is 0 Å². The summed E-state index contributed by atoms with van der Waals surface area (Å²) in [6, 6.07) is 14.6. The van der Waals surface area contributed by atoms with Crippen LogP contribution in [0.15, 0.2) is 48.5 Å². The van der Waals surface area contributed by atoms with E-state index in [0.717, 1.165) is 16.9 Å². The van der Waals surface area contributed by atoms with Gasteiger partial charge in [0.1, 0.15) is 5.75 Å². The molecular weight excluding hydrogens is 344 g/mol. The standard InChI is InChI=1S/C21H22N2O4/c1-22(14-17-5-3-4-6-18(17)27-2)21(26)16-9-7-15(8-10-16)13-23-19(24)11-12-20(23)25/h3-10H,11-14H2,1-2H3. The first-order chi connectivity index (χ1) is 13.0. The fourth-order valence-corrected chi connectivity index (χ4v) is 3.12. The molecule has 27 heavy (non-hydrogen) atoms. The van der Waals surface area contributed by atoms with Crippen molar-refractivity contribution in [3.63, 3.8) is 0 Å². The average molecular weight is 366 g/mol. The second kappa shape index (κ2) is 8.03. The second-order valence-electron chi connectivity index (χ2n) is 6.54. The number of ether oxygens (including phenoxy) is 1. The van der Waals surface area contributed by atoms with Crippen LogP contribution in [0.1, 0.15) is 34.3 Å². The van der Waals surface area contributed by atoms with Crippen molar-refractivity contribution in [2.75, 3.05) is 14.2 Å². The van der Waals surface area contributed by atoms with Crippen molar-refractivity contribution in [2.45, 2.75) is 25.9 Å². The van der Waals surface area contributed by atoms with E-state index in [-0.39, 0.29) is 37.1 Å². The summed E-state index contributed by atoms with van der Waals surface area (Å²) in [5, 5.41) is 0. The molecule has 0 radical (unpaired) electrons. The molecule has 0 bridgehead atoms. The Hall–Kier alpha value is -3.15. The van der Waals surface area contributed by atoms with Crippen molar-refractivity contribution in [1.82, 2.24) is 9.80 Å². The van der Waals surface area contributed by atoms with Gasteiger partial charge in [0.25, 0.3) is 5.91 Å². The molecule has 0 unspecified atom stereocenters. The molecule has 1 heterocycles. The van der Waals surface area contributed by atoms with Gasteiger partial charge in [-0.1, -0.05) is 30.3 Å². The summed E-state index contributed by atoms with van der Waals surface area (Å²) in [7, 11) is 3.35. The van der Waals surface area contributed by atoms with E-state index in [4.69, 9.17) is 4.74 Å². The summed E-state index contributed by atoms with van der Waals surface area (Å²) >= 11 is 0. The van der Waals surface area contributed by atoms with Crippen LogP contribution in [0.25, 0.3) is 0 Å². The fourth-order valence-electron chi connectivity index (χ4n) is 3.12. The van der Waals surface area contributed by atoms with Crippen molar-refractivity contribution in [2.24, 2.45) is 0 Å². The van der Waals surface area contributed by atoms with E-state index >= 15 is 0 Å². The van der Waals surface area contributed by atoms with Crippen LogP contribution in [-0.2, 0) is 22.7 Å². The molecule has 0 N–H and O–H groups in total. The maximum absolute atomic E-state index is 12.7. The van der Waals surface area contributed by atoms with Gasteiger partial charge in [0, 0.05) is 37.6 Å². The van der Waals surface area contributed by atoms with Crippen molar-refractivity contribution in [3.05, 3.63) is 65.2 Å². The first-order valence-corrected chi connectivity index (χ1v) is 8.79. The van der Waals surface area contributed by atoms with E-state index in [1.165, 1.54) is 4.90 Å². The Kier molecular flexibility index (Phi) is 5.54. The van der Waals surface area contributed by atoms with E-state index in [9.17, 15) is 14.4 Å². The first kappa shape index (κ1) is 18.6. The summed E-state index contributed by atoms with van der Waals surface area (Å²) in [5.41, 5.74) is 2.30. The second-order valence-corrected chi connectivity index (χ2v) is 6.54. The fraction of sp³-hybridized carbons (Fsp3) is 0.286. The molecule has 0 spiro atoms. The minimum Gasteiger partial charge on any atom is -0.496 e. The van der Waals surface area contributed by atoms with Gasteiger partial charge in [-0.05, 0) is 23.8 Å². The number of benzene rings is 2. The summed E-state index contributed by atoms with van der Waals surface area (Å²) < 4.78 is 5.33. The Bertz CT molecular complexity index is 845. The molecule has 1 aliphatic rings. The van der Waals surface area contributed by atoms with Gasteiger partial charge in [0.05, 0.1) is 13.7 Å². The van der Waals surface area contributed by atoms with Crippen molar-refractivity contribution in [1.29, 1.82) is 0 Å². The van der Waals surface area contributed by atoms with Crippen molar-refractivity contribution >= 4 is 17.7 Å². The predicted octanol–water partition coefficient (Wildman–Crippen LogP) is 2.62. The van der Waals surface area contributed by atoms with Crippen LogP contribution in [0, 0.1) is 0 Å². The molecule has 1 fully saturated rings. The maximum atomic E-state index is 12.7. The van der Waals surface area contributed by atoms with Gasteiger partial charge in [-0.25, -0.2) is 0 Å². The van der Waals surface area contributed by atoms with Gasteiger partial charge < -0.3 is 9.64 Å². The Morgan fingerprint density at radius 1 is 1.04 bits per heavy atom. The van der Waals surface area contributed by atoms with Crippen molar-refractivity contribution in [3.8, 4) is 5.75 Å². The van der Waals surface area contributed by atoms with Crippen LogP contribution >= 0.6 is 0 Å². The molecule has 140 valence electrons. The van der Waals surface area contributed by atoms with E-state index in [1.807, 2.05) is 24.3 Å². The van der Waals surface area contributed by atoms with Crippen LogP contribution in [0.4, 0.5) is 0 Å². The predicted molar refractivity (Wildman–Crippen MR) is 100 cm³/mol. The van der Waals surface area contributed by atoms with Gasteiger partial charge in [-0.3, -0.25) is 19.3 Å². The number of rotatable bonds is 6. The molecule has 0 aliphatic carbocycles.